The van der Waals surface area contributed by atoms with Crippen molar-refractivity contribution < 1.29 is 6.85 Å². The average Bonchev–Trinajstić information content (AvgIpc) is 1.61. The predicted octanol–water partition coefficient (Wildman–Crippen LogP) is 2.03. The molecule has 5 heavy (non-hydrogen) atoms. The van der Waals surface area contributed by atoms with Gasteiger partial charge in [0.05, 0.1) is 0 Å². The molecule has 32 valence electrons. The zero-order valence-corrected chi connectivity index (χ0v) is 3.55. The topological polar surface area (TPSA) is 0 Å². The van der Waals surface area contributed by atoms with Gasteiger partial charge in [-0.25, -0.2) is 0 Å². The van der Waals surface area contributed by atoms with Crippen molar-refractivity contribution >= 4 is 11.6 Å². The fourth-order valence-electron chi connectivity index (χ4n) is 0.0472. The average molecular weight is 97.6 g/mol. The van der Waals surface area contributed by atoms with E-state index in [0.29, 0.717) is 0 Å². The fraction of sp³-hybridized carbons (Fsp3) is 1.00. The van der Waals surface area contributed by atoms with Crippen LogP contribution in [0.5, 0.6) is 0 Å². The summed E-state index contributed by atoms with van der Waals surface area (Å²) in [6.07, 6.45) is -2.28. The van der Waals surface area contributed by atoms with Crippen LogP contribution in [-0.4, -0.2) is 5.88 Å². The van der Waals surface area contributed by atoms with Crippen molar-refractivity contribution in [3.05, 3.63) is 0 Å². The molecule has 0 bridgehead atoms. The Kier molecular flexibility index (Phi) is 0.968. The van der Waals surface area contributed by atoms with Gasteiger partial charge in [-0.15, -0.1) is 11.6 Å². The number of alkyl halides is 1. The van der Waals surface area contributed by atoms with Crippen molar-refractivity contribution in [1.29, 1.82) is 0 Å². The van der Waals surface area contributed by atoms with Crippen LogP contribution >= 0.6 is 11.6 Å². The van der Waals surface area contributed by atoms with E-state index in [-0.39, 0.29) is 12.3 Å². The highest BCUT2D eigenvalue weighted by Crippen LogP contribution is 1.86. The second-order valence-electron chi connectivity index (χ2n) is 0.616. The van der Waals surface area contributed by atoms with Crippen molar-refractivity contribution in [2.75, 3.05) is 5.88 Å². The lowest BCUT2D eigenvalue weighted by molar-refractivity contribution is 0.892. The minimum atomic E-state index is -2.55. The molecule has 0 rings (SSSR count). The van der Waals surface area contributed by atoms with Crippen LogP contribution in [0.1, 0.15) is 26.5 Å². The molecule has 0 saturated heterocycles. The first-order valence-electron chi connectivity index (χ1n) is 3.87. The van der Waals surface area contributed by atoms with Crippen LogP contribution < -0.4 is 0 Å². The number of rotatable bonds is 2. The Hall–Kier alpha value is 0.290. The van der Waals surface area contributed by atoms with E-state index in [2.05, 4.69) is 0 Å². The highest BCUT2D eigenvalue weighted by atomic mass is 35.5. The van der Waals surface area contributed by atoms with Crippen molar-refractivity contribution in [1.82, 2.24) is 0 Å². The van der Waals surface area contributed by atoms with E-state index < -0.39 is 13.2 Å². The summed E-state index contributed by atoms with van der Waals surface area (Å²) in [6.45, 7) is -2.55. The van der Waals surface area contributed by atoms with Gasteiger partial charge in [0.15, 0.2) is 0 Å². The third-order valence-electron chi connectivity index (χ3n) is 0.219. The molecule has 0 fully saturated rings. The van der Waals surface area contributed by atoms with Crippen LogP contribution in [0.2, 0.25) is 0 Å². The lowest BCUT2D eigenvalue weighted by Crippen LogP contribution is -1.65. The number of hydrogen-bond acceptors (Lipinski definition) is 0. The molecule has 0 aromatic rings. The van der Waals surface area contributed by atoms with Crippen molar-refractivity contribution in [3.63, 3.8) is 0 Å². The van der Waals surface area contributed by atoms with E-state index in [1.165, 1.54) is 0 Å². The van der Waals surface area contributed by atoms with Crippen LogP contribution in [0.3, 0.4) is 0 Å². The summed E-state index contributed by atoms with van der Waals surface area (Å²) < 4.78 is 34.2. The quantitative estimate of drug-likeness (QED) is 0.463. The van der Waals surface area contributed by atoms with Gasteiger partial charge in [-0.1, -0.05) is 13.2 Å². The van der Waals surface area contributed by atoms with Crippen LogP contribution in [0, 0.1) is 0 Å². The third kappa shape index (κ3) is 4.29. The van der Waals surface area contributed by atoms with Gasteiger partial charge in [0.1, 0.15) is 0 Å². The van der Waals surface area contributed by atoms with Gasteiger partial charge in [0.2, 0.25) is 0 Å². The van der Waals surface area contributed by atoms with E-state index in [1.807, 2.05) is 0 Å². The molecule has 0 radical (unpaired) electrons. The van der Waals surface area contributed by atoms with Crippen LogP contribution in [0.15, 0.2) is 0 Å². The maximum absolute atomic E-state index is 7.00. The molecular weight excluding hydrogens is 83.5 g/mol. The van der Waals surface area contributed by atoms with Gasteiger partial charge < -0.3 is 0 Å². The second-order valence-corrected chi connectivity index (χ2v) is 0.994. The molecule has 0 aromatic heterocycles. The molecule has 0 saturated carbocycles. The van der Waals surface area contributed by atoms with Gasteiger partial charge in [0, 0.05) is 12.7 Å². The first kappa shape index (κ1) is 1.13. The molecular formula is C4H9Cl. The highest BCUT2D eigenvalue weighted by molar-refractivity contribution is 6.17. The summed E-state index contributed by atoms with van der Waals surface area (Å²) in [5.74, 6) is 0.0331. The molecule has 0 aliphatic heterocycles. The van der Waals surface area contributed by atoms with E-state index in [4.69, 9.17) is 18.5 Å². The standard InChI is InChI=1S/C4H9Cl/c1-2-3-4-5/h2-4H2,1H3/i1D3,2D2. The SMILES string of the molecule is [2H]C([2H])([2H])C([2H])([2H])CCCl. The molecule has 0 aliphatic carbocycles. The summed E-state index contributed by atoms with van der Waals surface area (Å²) >= 11 is 5.20. The minimum Gasteiger partial charge on any atom is -0.127 e. The number of hydrogen-bond donors (Lipinski definition) is 0. The van der Waals surface area contributed by atoms with E-state index in [9.17, 15) is 0 Å². The Morgan fingerprint density at radius 2 is 3.00 bits per heavy atom. The molecule has 0 nitrogen and oxygen atoms in total. The van der Waals surface area contributed by atoms with Gasteiger partial charge >= 0.3 is 0 Å². The van der Waals surface area contributed by atoms with E-state index in [1.54, 1.807) is 0 Å². The molecule has 0 spiro atoms. The zero-order valence-electron chi connectivity index (χ0n) is 7.79. The Labute approximate surface area is 45.2 Å². The number of halogens is 1. The minimum absolute atomic E-state index is 0.0331. The zero-order chi connectivity index (χ0) is 8.41. The largest absolute Gasteiger partial charge is 0.127 e. The van der Waals surface area contributed by atoms with Crippen LogP contribution in [-0.2, 0) is 0 Å². The van der Waals surface area contributed by atoms with Gasteiger partial charge in [-0.05, 0) is 6.42 Å². The molecule has 0 aromatic carbocycles. The molecule has 0 heterocycles. The smallest absolute Gasteiger partial charge is 0.0264 e. The highest BCUT2D eigenvalue weighted by Gasteiger charge is 1.70. The summed E-state index contributed by atoms with van der Waals surface area (Å²) in [6, 6.07) is 0. The Morgan fingerprint density at radius 3 is 3.20 bits per heavy atom. The van der Waals surface area contributed by atoms with Gasteiger partial charge in [0.25, 0.3) is 0 Å². The lowest BCUT2D eigenvalue weighted by atomic mass is 10.4. The third-order valence-corrected chi connectivity index (χ3v) is 0.408. The first-order valence-corrected chi connectivity index (χ1v) is 1.91. The van der Waals surface area contributed by atoms with E-state index >= 15 is 0 Å². The van der Waals surface area contributed by atoms with Gasteiger partial charge in [-0.2, -0.15) is 0 Å². The summed E-state index contributed by atoms with van der Waals surface area (Å²) in [5, 5.41) is 0. The first-order chi connectivity index (χ1) is 4.31. The maximum Gasteiger partial charge on any atom is 0.0264 e. The molecule has 0 unspecified atom stereocenters. The maximum atomic E-state index is 7.00. The van der Waals surface area contributed by atoms with Crippen LogP contribution in [0.25, 0.3) is 0 Å². The molecule has 0 aliphatic rings. The Morgan fingerprint density at radius 1 is 2.20 bits per heavy atom. The molecule has 0 atom stereocenters. The fourth-order valence-corrected chi connectivity index (χ4v) is 0.142. The molecule has 0 N–H and O–H groups in total. The van der Waals surface area contributed by atoms with Crippen molar-refractivity contribution in [3.8, 4) is 0 Å². The Bertz CT molecular complexity index is 107. The molecule has 0 amide bonds. The lowest BCUT2D eigenvalue weighted by Gasteiger charge is -1.77. The normalized spacial score (nSPS) is 28.6. The Balaban J connectivity index is 4.10. The summed E-state index contributed by atoms with van der Waals surface area (Å²) in [4.78, 5) is 0. The second kappa shape index (κ2) is 4.29. The molecule has 1 heteroatoms. The van der Waals surface area contributed by atoms with Crippen molar-refractivity contribution in [2.24, 2.45) is 0 Å². The van der Waals surface area contributed by atoms with Crippen molar-refractivity contribution in [2.45, 2.75) is 19.6 Å². The van der Waals surface area contributed by atoms with E-state index in [0.717, 1.165) is 0 Å². The van der Waals surface area contributed by atoms with Crippen LogP contribution in [0.4, 0.5) is 0 Å². The monoisotopic (exact) mass is 97.1 g/mol. The summed E-state index contributed by atoms with van der Waals surface area (Å²) in [7, 11) is 0. The summed E-state index contributed by atoms with van der Waals surface area (Å²) in [5.41, 5.74) is 0. The predicted molar refractivity (Wildman–Crippen MR) is 25.6 cm³/mol. The van der Waals surface area contributed by atoms with Gasteiger partial charge in [-0.3, -0.25) is 0 Å².